The molecule has 5 heteroatoms. The van der Waals surface area contributed by atoms with E-state index in [0.717, 1.165) is 43.9 Å². The van der Waals surface area contributed by atoms with Gasteiger partial charge in [-0.15, -0.1) is 11.3 Å². The Morgan fingerprint density at radius 1 is 1.33 bits per heavy atom. The largest absolute Gasteiger partial charge is 0.342 e. The summed E-state index contributed by atoms with van der Waals surface area (Å²) < 4.78 is 0. The van der Waals surface area contributed by atoms with Crippen LogP contribution in [0.3, 0.4) is 0 Å². The molecule has 1 spiro atoms. The van der Waals surface area contributed by atoms with Gasteiger partial charge in [0.05, 0.1) is 5.00 Å². The maximum atomic E-state index is 12.4. The molecule has 0 N–H and O–H groups in total. The number of likely N-dealkylation sites (tertiary alicyclic amines) is 1. The predicted molar refractivity (Wildman–Crippen MR) is 82.4 cm³/mol. The topological polar surface area (TPSA) is 40.6 Å². The van der Waals surface area contributed by atoms with E-state index in [1.54, 1.807) is 11.3 Å². The van der Waals surface area contributed by atoms with Crippen LogP contribution in [0.1, 0.15) is 30.6 Å². The van der Waals surface area contributed by atoms with Crippen LogP contribution < -0.4 is 4.90 Å². The molecule has 1 saturated carbocycles. The highest BCUT2D eigenvalue weighted by Crippen LogP contribution is 2.44. The van der Waals surface area contributed by atoms with Gasteiger partial charge in [-0.05, 0) is 38.3 Å². The monoisotopic (exact) mass is 304 g/mol. The van der Waals surface area contributed by atoms with E-state index < -0.39 is 0 Å². The smallest absolute Gasteiger partial charge is 0.228 e. The Kier molecular flexibility index (Phi) is 2.89. The van der Waals surface area contributed by atoms with E-state index in [4.69, 9.17) is 0 Å². The molecule has 112 valence electrons. The molecule has 0 unspecified atom stereocenters. The van der Waals surface area contributed by atoms with E-state index in [1.165, 1.54) is 4.88 Å². The van der Waals surface area contributed by atoms with Crippen molar-refractivity contribution in [3.8, 4) is 0 Å². The molecule has 4 nitrogen and oxygen atoms in total. The third-order valence-corrected chi connectivity index (χ3v) is 6.01. The van der Waals surface area contributed by atoms with Crippen LogP contribution in [0, 0.1) is 18.3 Å². The second kappa shape index (κ2) is 4.57. The second-order valence-electron chi connectivity index (χ2n) is 6.83. The van der Waals surface area contributed by atoms with Crippen LogP contribution in [-0.4, -0.2) is 36.3 Å². The molecule has 1 aromatic heterocycles. The van der Waals surface area contributed by atoms with Gasteiger partial charge in [-0.1, -0.05) is 0 Å². The van der Waals surface area contributed by atoms with Crippen molar-refractivity contribution in [2.75, 3.05) is 24.5 Å². The lowest BCUT2D eigenvalue weighted by atomic mass is 9.86. The van der Waals surface area contributed by atoms with Crippen LogP contribution in [0.25, 0.3) is 0 Å². The summed E-state index contributed by atoms with van der Waals surface area (Å²) in [5, 5.41) is 1.06. The minimum absolute atomic E-state index is 0.000468. The number of carbonyl (C=O) groups excluding carboxylic acids is 2. The molecular formula is C16H20N2O2S. The van der Waals surface area contributed by atoms with E-state index in [0.29, 0.717) is 12.3 Å². The Bertz CT molecular complexity index is 607. The zero-order valence-electron chi connectivity index (χ0n) is 12.3. The van der Waals surface area contributed by atoms with Crippen molar-refractivity contribution in [1.82, 2.24) is 4.90 Å². The first-order valence-electron chi connectivity index (χ1n) is 7.72. The number of amides is 2. The molecule has 1 atom stereocenters. The zero-order valence-corrected chi connectivity index (χ0v) is 13.1. The standard InChI is InChI=1S/C16H20N2O2S/c1-11-2-5-14(21-11)18-10-16(8-13(18)19)6-7-17(9-16)15(20)12-3-4-12/h2,5,12H,3-4,6-10H2,1H3/t16-/m1/s1. The molecule has 3 aliphatic rings. The normalized spacial score (nSPS) is 28.9. The Hall–Kier alpha value is -1.36. The maximum absolute atomic E-state index is 12.4. The molecule has 3 heterocycles. The van der Waals surface area contributed by atoms with Gasteiger partial charge in [0.25, 0.3) is 0 Å². The van der Waals surface area contributed by atoms with Gasteiger partial charge in [0.1, 0.15) is 0 Å². The number of hydrogen-bond donors (Lipinski definition) is 0. The zero-order chi connectivity index (χ0) is 14.6. The fourth-order valence-corrected chi connectivity index (χ4v) is 4.53. The summed E-state index contributed by atoms with van der Waals surface area (Å²) in [6, 6.07) is 4.11. The Balaban J connectivity index is 1.50. The number of rotatable bonds is 2. The summed E-state index contributed by atoms with van der Waals surface area (Å²) in [6.45, 7) is 4.45. The number of anilines is 1. The fourth-order valence-electron chi connectivity index (χ4n) is 3.65. The van der Waals surface area contributed by atoms with Crippen molar-refractivity contribution in [3.63, 3.8) is 0 Å². The summed E-state index contributed by atoms with van der Waals surface area (Å²) in [6.07, 6.45) is 3.68. The van der Waals surface area contributed by atoms with Gasteiger partial charge in [-0.25, -0.2) is 0 Å². The van der Waals surface area contributed by atoms with Gasteiger partial charge < -0.3 is 9.80 Å². The lowest BCUT2D eigenvalue weighted by molar-refractivity contribution is -0.132. The lowest BCUT2D eigenvalue weighted by Gasteiger charge is -2.23. The van der Waals surface area contributed by atoms with Gasteiger partial charge in [0.15, 0.2) is 0 Å². The number of carbonyl (C=O) groups is 2. The SMILES string of the molecule is Cc1ccc(N2C[C@]3(CCN(C(=O)C4CC4)C3)CC2=O)s1. The van der Waals surface area contributed by atoms with Crippen LogP contribution in [0.4, 0.5) is 5.00 Å². The number of thiophene rings is 1. The molecule has 0 bridgehead atoms. The molecule has 2 aliphatic heterocycles. The summed E-state index contributed by atoms with van der Waals surface area (Å²) in [7, 11) is 0. The van der Waals surface area contributed by atoms with E-state index in [9.17, 15) is 9.59 Å². The van der Waals surface area contributed by atoms with Crippen LogP contribution >= 0.6 is 11.3 Å². The first-order valence-corrected chi connectivity index (χ1v) is 8.54. The molecule has 0 radical (unpaired) electrons. The van der Waals surface area contributed by atoms with Crippen LogP contribution in [0.15, 0.2) is 12.1 Å². The average Bonchev–Trinajstić information content (AvgIpc) is 2.97. The Labute approximate surface area is 128 Å². The van der Waals surface area contributed by atoms with Crippen molar-refractivity contribution in [2.45, 2.75) is 32.6 Å². The van der Waals surface area contributed by atoms with Gasteiger partial charge >= 0.3 is 0 Å². The molecule has 0 aromatic carbocycles. The highest BCUT2D eigenvalue weighted by molar-refractivity contribution is 7.16. The molecule has 1 aromatic rings. The lowest BCUT2D eigenvalue weighted by Crippen LogP contribution is -2.34. The Morgan fingerprint density at radius 2 is 2.14 bits per heavy atom. The van der Waals surface area contributed by atoms with E-state index in [2.05, 4.69) is 13.0 Å². The van der Waals surface area contributed by atoms with Gasteiger partial charge in [0, 0.05) is 42.3 Å². The van der Waals surface area contributed by atoms with Crippen molar-refractivity contribution in [1.29, 1.82) is 0 Å². The quantitative estimate of drug-likeness (QED) is 0.842. The number of nitrogens with zero attached hydrogens (tertiary/aromatic N) is 2. The van der Waals surface area contributed by atoms with Gasteiger partial charge in [-0.3, -0.25) is 9.59 Å². The number of hydrogen-bond acceptors (Lipinski definition) is 3. The van der Waals surface area contributed by atoms with Gasteiger partial charge in [-0.2, -0.15) is 0 Å². The van der Waals surface area contributed by atoms with Crippen molar-refractivity contribution in [3.05, 3.63) is 17.0 Å². The van der Waals surface area contributed by atoms with Crippen LogP contribution in [0.5, 0.6) is 0 Å². The highest BCUT2D eigenvalue weighted by Gasteiger charge is 2.50. The van der Waals surface area contributed by atoms with Gasteiger partial charge in [0.2, 0.25) is 11.8 Å². The first kappa shape index (κ1) is 13.3. The van der Waals surface area contributed by atoms with Crippen LogP contribution in [0.2, 0.25) is 0 Å². The number of aryl methyl sites for hydroxylation is 1. The molecule has 3 fully saturated rings. The summed E-state index contributed by atoms with van der Waals surface area (Å²) in [4.78, 5) is 29.8. The minimum atomic E-state index is -0.000468. The van der Waals surface area contributed by atoms with E-state index >= 15 is 0 Å². The third-order valence-electron chi connectivity index (χ3n) is 4.99. The maximum Gasteiger partial charge on any atom is 0.228 e. The summed E-state index contributed by atoms with van der Waals surface area (Å²) in [5.74, 6) is 0.829. The van der Waals surface area contributed by atoms with E-state index in [-0.39, 0.29) is 17.2 Å². The molecule has 2 saturated heterocycles. The van der Waals surface area contributed by atoms with E-state index in [1.807, 2.05) is 15.9 Å². The third kappa shape index (κ3) is 2.27. The summed E-state index contributed by atoms with van der Waals surface area (Å²) >= 11 is 1.68. The minimum Gasteiger partial charge on any atom is -0.342 e. The predicted octanol–water partition coefficient (Wildman–Crippen LogP) is 2.42. The summed E-state index contributed by atoms with van der Waals surface area (Å²) in [5.41, 5.74) is -0.000468. The highest BCUT2D eigenvalue weighted by atomic mass is 32.1. The average molecular weight is 304 g/mol. The van der Waals surface area contributed by atoms with Crippen molar-refractivity contribution in [2.24, 2.45) is 11.3 Å². The molecular weight excluding hydrogens is 284 g/mol. The molecule has 21 heavy (non-hydrogen) atoms. The Morgan fingerprint density at radius 3 is 2.81 bits per heavy atom. The second-order valence-corrected chi connectivity index (χ2v) is 8.09. The van der Waals surface area contributed by atoms with Crippen molar-refractivity contribution < 1.29 is 9.59 Å². The van der Waals surface area contributed by atoms with Crippen molar-refractivity contribution >= 4 is 28.2 Å². The molecule has 2 amide bonds. The van der Waals surface area contributed by atoms with Crippen LogP contribution in [-0.2, 0) is 9.59 Å². The molecule has 1 aliphatic carbocycles. The fraction of sp³-hybridized carbons (Fsp3) is 0.625. The first-order chi connectivity index (χ1) is 10.1. The molecule has 4 rings (SSSR count).